The highest BCUT2D eigenvalue weighted by Gasteiger charge is 2.13. The average molecular weight is 271 g/mol. The Hall–Kier alpha value is -2.56. The van der Waals surface area contributed by atoms with Crippen molar-refractivity contribution in [2.45, 2.75) is 13.8 Å². The average Bonchev–Trinajstić information content (AvgIpc) is 2.41. The van der Waals surface area contributed by atoms with Gasteiger partial charge in [-0.05, 0) is 32.0 Å². The molecule has 1 aromatic carbocycles. The van der Waals surface area contributed by atoms with Crippen molar-refractivity contribution in [3.05, 3.63) is 47.8 Å². The highest BCUT2D eigenvalue weighted by Crippen LogP contribution is 2.25. The minimum atomic E-state index is -0.304. The molecular weight excluding hydrogens is 254 g/mol. The van der Waals surface area contributed by atoms with Crippen LogP contribution in [0.1, 0.15) is 23.0 Å². The lowest BCUT2D eigenvalue weighted by molar-refractivity contribution is 0.102. The van der Waals surface area contributed by atoms with Crippen LogP contribution < -0.4 is 15.8 Å². The van der Waals surface area contributed by atoms with Crippen LogP contribution in [0.3, 0.4) is 0 Å². The van der Waals surface area contributed by atoms with Crippen molar-refractivity contribution in [1.29, 1.82) is 0 Å². The number of para-hydroxylation sites is 2. The maximum atomic E-state index is 12.2. The Bertz CT molecular complexity index is 626. The summed E-state index contributed by atoms with van der Waals surface area (Å²) < 4.78 is 5.46. The van der Waals surface area contributed by atoms with Crippen molar-refractivity contribution in [3.8, 4) is 5.75 Å². The van der Waals surface area contributed by atoms with Crippen molar-refractivity contribution in [1.82, 2.24) is 4.98 Å². The third kappa shape index (κ3) is 3.06. The van der Waals surface area contributed by atoms with E-state index in [1.54, 1.807) is 18.2 Å². The Balaban J connectivity index is 2.23. The third-order valence-corrected chi connectivity index (χ3v) is 2.75. The number of carbonyl (C=O) groups excluding carboxylic acids is 1. The Labute approximate surface area is 117 Å². The normalized spacial score (nSPS) is 10.1. The zero-order valence-electron chi connectivity index (χ0n) is 11.5. The second kappa shape index (κ2) is 6.06. The summed E-state index contributed by atoms with van der Waals surface area (Å²) in [5.74, 6) is 0.323. The number of hydrogen-bond acceptors (Lipinski definition) is 4. The van der Waals surface area contributed by atoms with Crippen LogP contribution >= 0.6 is 0 Å². The first-order valence-corrected chi connectivity index (χ1v) is 6.37. The summed E-state index contributed by atoms with van der Waals surface area (Å²) in [7, 11) is 0. The first-order chi connectivity index (χ1) is 9.61. The predicted molar refractivity (Wildman–Crippen MR) is 79.0 cm³/mol. The van der Waals surface area contributed by atoms with Crippen LogP contribution in [-0.4, -0.2) is 17.5 Å². The van der Waals surface area contributed by atoms with Crippen LogP contribution in [0, 0.1) is 6.92 Å². The number of carbonyl (C=O) groups is 1. The molecule has 0 unspecified atom stereocenters. The lowest BCUT2D eigenvalue weighted by atomic mass is 10.2. The second-order valence-electron chi connectivity index (χ2n) is 4.30. The molecular formula is C15H17N3O2. The van der Waals surface area contributed by atoms with Crippen LogP contribution in [0.15, 0.2) is 36.5 Å². The first kappa shape index (κ1) is 13.9. The van der Waals surface area contributed by atoms with Gasteiger partial charge in [0.25, 0.3) is 5.91 Å². The van der Waals surface area contributed by atoms with Crippen LogP contribution in [0.2, 0.25) is 0 Å². The number of nitrogens with two attached hydrogens (primary N) is 1. The molecule has 5 heteroatoms. The van der Waals surface area contributed by atoms with Gasteiger partial charge in [-0.25, -0.2) is 0 Å². The van der Waals surface area contributed by atoms with E-state index in [0.717, 1.165) is 5.69 Å². The Morgan fingerprint density at radius 2 is 2.15 bits per heavy atom. The van der Waals surface area contributed by atoms with Crippen molar-refractivity contribution in [2.75, 3.05) is 17.7 Å². The van der Waals surface area contributed by atoms with Crippen LogP contribution in [0.5, 0.6) is 5.75 Å². The Kier molecular flexibility index (Phi) is 4.20. The lowest BCUT2D eigenvalue weighted by Crippen LogP contribution is -2.15. The molecule has 2 aromatic rings. The van der Waals surface area contributed by atoms with E-state index >= 15 is 0 Å². The summed E-state index contributed by atoms with van der Waals surface area (Å²) in [4.78, 5) is 16.3. The zero-order valence-corrected chi connectivity index (χ0v) is 11.5. The van der Waals surface area contributed by atoms with Gasteiger partial charge in [0.05, 0.1) is 17.9 Å². The number of benzene rings is 1. The van der Waals surface area contributed by atoms with E-state index < -0.39 is 0 Å². The standard InChI is InChI=1S/C15H17N3O2/c1-3-20-14-7-5-4-6-13(14)18-15(19)11-9-17-10(2)8-12(11)16/h4-9H,3H2,1-2H3,(H2,16,17)(H,18,19). The fourth-order valence-electron chi connectivity index (χ4n) is 1.81. The third-order valence-electron chi connectivity index (χ3n) is 2.75. The van der Waals surface area contributed by atoms with Crippen molar-refractivity contribution >= 4 is 17.3 Å². The highest BCUT2D eigenvalue weighted by molar-refractivity contribution is 6.08. The molecule has 0 saturated heterocycles. The fourth-order valence-corrected chi connectivity index (χ4v) is 1.81. The van der Waals surface area contributed by atoms with Gasteiger partial charge in [0.1, 0.15) is 5.75 Å². The van der Waals surface area contributed by atoms with E-state index in [1.165, 1.54) is 6.20 Å². The number of nitrogens with zero attached hydrogens (tertiary/aromatic N) is 1. The predicted octanol–water partition coefficient (Wildman–Crippen LogP) is 2.62. The molecule has 0 spiro atoms. The highest BCUT2D eigenvalue weighted by atomic mass is 16.5. The molecule has 20 heavy (non-hydrogen) atoms. The largest absolute Gasteiger partial charge is 0.492 e. The molecule has 0 radical (unpaired) electrons. The molecule has 1 aromatic heterocycles. The van der Waals surface area contributed by atoms with E-state index in [9.17, 15) is 4.79 Å². The number of nitrogens with one attached hydrogen (secondary N) is 1. The molecule has 0 aliphatic carbocycles. The van der Waals surface area contributed by atoms with Crippen molar-refractivity contribution in [2.24, 2.45) is 0 Å². The van der Waals surface area contributed by atoms with Crippen LogP contribution in [0.25, 0.3) is 0 Å². The van der Waals surface area contributed by atoms with Gasteiger partial charge in [-0.1, -0.05) is 12.1 Å². The van der Waals surface area contributed by atoms with E-state index in [4.69, 9.17) is 10.5 Å². The van der Waals surface area contributed by atoms with Gasteiger partial charge in [-0.2, -0.15) is 0 Å². The molecule has 5 nitrogen and oxygen atoms in total. The van der Waals surface area contributed by atoms with Gasteiger partial charge in [0.15, 0.2) is 0 Å². The minimum absolute atomic E-state index is 0.304. The molecule has 3 N–H and O–H groups in total. The zero-order chi connectivity index (χ0) is 14.5. The van der Waals surface area contributed by atoms with Crippen molar-refractivity contribution < 1.29 is 9.53 Å². The first-order valence-electron chi connectivity index (χ1n) is 6.37. The van der Waals surface area contributed by atoms with E-state index in [-0.39, 0.29) is 5.91 Å². The smallest absolute Gasteiger partial charge is 0.259 e. The number of rotatable bonds is 4. The summed E-state index contributed by atoms with van der Waals surface area (Å²) >= 11 is 0. The van der Waals surface area contributed by atoms with E-state index in [1.807, 2.05) is 26.0 Å². The molecule has 0 aliphatic rings. The topological polar surface area (TPSA) is 77.2 Å². The van der Waals surface area contributed by atoms with Gasteiger partial charge in [0.2, 0.25) is 0 Å². The lowest BCUT2D eigenvalue weighted by Gasteiger charge is -2.12. The van der Waals surface area contributed by atoms with Gasteiger partial charge in [0, 0.05) is 17.6 Å². The fraction of sp³-hybridized carbons (Fsp3) is 0.200. The SMILES string of the molecule is CCOc1ccccc1NC(=O)c1cnc(C)cc1N. The Morgan fingerprint density at radius 1 is 1.40 bits per heavy atom. The van der Waals surface area contributed by atoms with Gasteiger partial charge >= 0.3 is 0 Å². The monoisotopic (exact) mass is 271 g/mol. The molecule has 104 valence electrons. The molecule has 1 heterocycles. The molecule has 0 fully saturated rings. The van der Waals surface area contributed by atoms with E-state index in [2.05, 4.69) is 10.3 Å². The van der Waals surface area contributed by atoms with Gasteiger partial charge in [-0.15, -0.1) is 0 Å². The Morgan fingerprint density at radius 3 is 2.85 bits per heavy atom. The number of amides is 1. The maximum absolute atomic E-state index is 12.2. The summed E-state index contributed by atoms with van der Waals surface area (Å²) in [6, 6.07) is 8.93. The molecule has 0 aliphatic heterocycles. The summed E-state index contributed by atoms with van der Waals surface area (Å²) in [6.45, 7) is 4.24. The summed E-state index contributed by atoms with van der Waals surface area (Å²) in [6.07, 6.45) is 1.48. The number of anilines is 2. The maximum Gasteiger partial charge on any atom is 0.259 e. The number of aryl methyl sites for hydroxylation is 1. The molecule has 1 amide bonds. The van der Waals surface area contributed by atoms with Gasteiger partial charge in [-0.3, -0.25) is 9.78 Å². The van der Waals surface area contributed by atoms with Crippen molar-refractivity contribution in [3.63, 3.8) is 0 Å². The van der Waals surface area contributed by atoms with Gasteiger partial charge < -0.3 is 15.8 Å². The van der Waals surface area contributed by atoms with Crippen LogP contribution in [0.4, 0.5) is 11.4 Å². The number of pyridine rings is 1. The summed E-state index contributed by atoms with van der Waals surface area (Å²) in [5, 5.41) is 2.79. The molecule has 0 atom stereocenters. The summed E-state index contributed by atoms with van der Waals surface area (Å²) in [5.41, 5.74) is 7.98. The van der Waals surface area contributed by atoms with Crippen LogP contribution in [-0.2, 0) is 0 Å². The van der Waals surface area contributed by atoms with E-state index in [0.29, 0.717) is 29.3 Å². The quantitative estimate of drug-likeness (QED) is 0.896. The number of nitrogen functional groups attached to an aromatic ring is 1. The molecule has 0 bridgehead atoms. The molecule has 2 rings (SSSR count). The number of ether oxygens (including phenoxy) is 1. The second-order valence-corrected chi connectivity index (χ2v) is 4.30. The number of aromatic nitrogens is 1. The molecule has 0 saturated carbocycles. The minimum Gasteiger partial charge on any atom is -0.492 e. The number of hydrogen-bond donors (Lipinski definition) is 2.